The first kappa shape index (κ1) is 20.0. The van der Waals surface area contributed by atoms with Crippen molar-refractivity contribution < 1.29 is 0 Å². The number of aliphatic imine (C=N–C) groups is 1. The summed E-state index contributed by atoms with van der Waals surface area (Å²) in [5, 5.41) is 0. The van der Waals surface area contributed by atoms with Gasteiger partial charge in [-0.3, -0.25) is 0 Å². The average Bonchev–Trinajstić information content (AvgIpc) is 2.48. The molecule has 6 heteroatoms. The summed E-state index contributed by atoms with van der Waals surface area (Å²) in [7, 11) is 8.05. The summed E-state index contributed by atoms with van der Waals surface area (Å²) in [6.07, 6.45) is 4.49. The topological polar surface area (TPSA) is 35.0 Å². The van der Waals surface area contributed by atoms with Gasteiger partial charge in [0, 0.05) is 47.5 Å². The number of aromatic nitrogens is 1. The van der Waals surface area contributed by atoms with Crippen LogP contribution in [0.2, 0.25) is 0 Å². The Bertz CT molecular complexity index is 480. The van der Waals surface area contributed by atoms with Gasteiger partial charge in [-0.2, -0.15) is 0 Å². The van der Waals surface area contributed by atoms with Crippen molar-refractivity contribution in [2.24, 2.45) is 10.9 Å². The molecule has 1 aromatic heterocycles. The van der Waals surface area contributed by atoms with Crippen LogP contribution in [0.5, 0.6) is 0 Å². The second-order valence-corrected chi connectivity index (χ2v) is 6.60. The first-order valence-electron chi connectivity index (χ1n) is 8.06. The Labute approximate surface area is 157 Å². The molecule has 2 heterocycles. The summed E-state index contributed by atoms with van der Waals surface area (Å²) >= 11 is 0. The number of pyridine rings is 1. The van der Waals surface area contributed by atoms with E-state index in [2.05, 4.69) is 33.9 Å². The van der Waals surface area contributed by atoms with Gasteiger partial charge in [-0.15, -0.1) is 24.0 Å². The van der Waals surface area contributed by atoms with Gasteiger partial charge in [-0.25, -0.2) is 9.98 Å². The van der Waals surface area contributed by atoms with E-state index in [9.17, 15) is 0 Å². The maximum absolute atomic E-state index is 4.66. The minimum atomic E-state index is 0. The minimum Gasteiger partial charge on any atom is -0.357 e. The lowest BCUT2D eigenvalue weighted by atomic mass is 9.99. The summed E-state index contributed by atoms with van der Waals surface area (Å²) in [5.41, 5.74) is 1.15. The van der Waals surface area contributed by atoms with Crippen LogP contribution in [0.1, 0.15) is 25.3 Å². The Hall–Kier alpha value is -1.05. The average molecular weight is 431 g/mol. The molecule has 0 N–H and O–H groups in total. The second kappa shape index (κ2) is 9.30. The van der Waals surface area contributed by atoms with Crippen molar-refractivity contribution in [3.8, 4) is 0 Å². The van der Waals surface area contributed by atoms with Crippen molar-refractivity contribution in [2.75, 3.05) is 46.2 Å². The molecule has 1 aliphatic rings. The van der Waals surface area contributed by atoms with Gasteiger partial charge in [0.15, 0.2) is 5.96 Å². The lowest BCUT2D eigenvalue weighted by molar-refractivity contribution is 0.436. The molecule has 0 amide bonds. The summed E-state index contributed by atoms with van der Waals surface area (Å²) in [6.45, 7) is 5.24. The summed E-state index contributed by atoms with van der Waals surface area (Å²) < 4.78 is 0. The first-order valence-corrected chi connectivity index (χ1v) is 8.06. The van der Waals surface area contributed by atoms with Crippen LogP contribution < -0.4 is 4.90 Å². The fourth-order valence-electron chi connectivity index (χ4n) is 2.78. The molecule has 1 saturated heterocycles. The Balaban J connectivity index is 0.00000264. The van der Waals surface area contributed by atoms with E-state index in [1.807, 2.05) is 44.2 Å². The lowest BCUT2D eigenvalue weighted by Crippen LogP contribution is -2.35. The highest BCUT2D eigenvalue weighted by Crippen LogP contribution is 2.21. The Morgan fingerprint density at radius 1 is 1.17 bits per heavy atom. The van der Waals surface area contributed by atoms with Gasteiger partial charge in [0.25, 0.3) is 0 Å². The molecule has 0 aromatic carbocycles. The molecular formula is C17H30IN5. The smallest absolute Gasteiger partial charge is 0.195 e. The second-order valence-electron chi connectivity index (χ2n) is 6.60. The third kappa shape index (κ3) is 5.82. The van der Waals surface area contributed by atoms with Gasteiger partial charge < -0.3 is 14.7 Å². The van der Waals surface area contributed by atoms with E-state index in [1.54, 1.807) is 0 Å². The molecule has 2 rings (SSSR count). The lowest BCUT2D eigenvalue weighted by Gasteiger charge is -2.31. The molecule has 0 aliphatic carbocycles. The molecule has 0 spiro atoms. The van der Waals surface area contributed by atoms with E-state index in [0.29, 0.717) is 6.54 Å². The first-order chi connectivity index (χ1) is 10.5. The van der Waals surface area contributed by atoms with Crippen LogP contribution in [-0.4, -0.2) is 62.0 Å². The van der Waals surface area contributed by atoms with Gasteiger partial charge in [-0.05, 0) is 30.4 Å². The zero-order chi connectivity index (χ0) is 16.1. The van der Waals surface area contributed by atoms with Crippen molar-refractivity contribution in [1.29, 1.82) is 0 Å². The molecule has 130 valence electrons. The fraction of sp³-hybridized carbons (Fsp3) is 0.647. The van der Waals surface area contributed by atoms with E-state index in [1.165, 1.54) is 12.8 Å². The highest BCUT2D eigenvalue weighted by atomic mass is 127. The van der Waals surface area contributed by atoms with Crippen molar-refractivity contribution in [1.82, 2.24) is 14.8 Å². The maximum atomic E-state index is 4.66. The van der Waals surface area contributed by atoms with Crippen LogP contribution in [-0.2, 0) is 6.54 Å². The third-order valence-electron chi connectivity index (χ3n) is 4.12. The predicted molar refractivity (Wildman–Crippen MR) is 109 cm³/mol. The Kier molecular flexibility index (Phi) is 8.08. The van der Waals surface area contributed by atoms with E-state index in [-0.39, 0.29) is 24.0 Å². The Morgan fingerprint density at radius 3 is 2.26 bits per heavy atom. The largest absolute Gasteiger partial charge is 0.357 e. The number of anilines is 1. The SMILES string of the molecule is CC1CCN(c2ccc(CN=C(N(C)C)N(C)C)cn2)CC1.I. The van der Waals surface area contributed by atoms with E-state index < -0.39 is 0 Å². The highest BCUT2D eigenvalue weighted by molar-refractivity contribution is 14.0. The Morgan fingerprint density at radius 2 is 1.78 bits per heavy atom. The standard InChI is InChI=1S/C17H29N5.HI/c1-14-8-10-22(11-9-14)16-7-6-15(12-18-16)13-19-17(20(2)3)21(4)5;/h6-7,12,14H,8-11,13H2,1-5H3;1H. The van der Waals surface area contributed by atoms with Gasteiger partial charge >= 0.3 is 0 Å². The summed E-state index contributed by atoms with van der Waals surface area (Å²) in [5.74, 6) is 2.91. The number of hydrogen-bond acceptors (Lipinski definition) is 3. The van der Waals surface area contributed by atoms with Crippen molar-refractivity contribution in [3.05, 3.63) is 23.9 Å². The number of nitrogens with zero attached hydrogens (tertiary/aromatic N) is 5. The molecule has 0 unspecified atom stereocenters. The molecule has 1 fully saturated rings. The molecule has 23 heavy (non-hydrogen) atoms. The number of halogens is 1. The molecule has 1 aliphatic heterocycles. The monoisotopic (exact) mass is 431 g/mol. The van der Waals surface area contributed by atoms with Crippen LogP contribution in [0.25, 0.3) is 0 Å². The number of guanidine groups is 1. The zero-order valence-corrected chi connectivity index (χ0v) is 17.3. The minimum absolute atomic E-state index is 0. The number of hydrogen-bond donors (Lipinski definition) is 0. The molecule has 0 saturated carbocycles. The van der Waals surface area contributed by atoms with Crippen LogP contribution in [0.4, 0.5) is 5.82 Å². The van der Waals surface area contributed by atoms with Gasteiger partial charge in [0.05, 0.1) is 6.54 Å². The third-order valence-corrected chi connectivity index (χ3v) is 4.12. The van der Waals surface area contributed by atoms with E-state index in [0.717, 1.165) is 36.3 Å². The fourth-order valence-corrected chi connectivity index (χ4v) is 2.78. The quantitative estimate of drug-likeness (QED) is 0.419. The van der Waals surface area contributed by atoms with Crippen LogP contribution in [0.3, 0.4) is 0 Å². The zero-order valence-electron chi connectivity index (χ0n) is 15.0. The van der Waals surface area contributed by atoms with Gasteiger partial charge in [-0.1, -0.05) is 13.0 Å². The molecule has 0 atom stereocenters. The van der Waals surface area contributed by atoms with Crippen molar-refractivity contribution in [2.45, 2.75) is 26.3 Å². The molecule has 5 nitrogen and oxygen atoms in total. The van der Waals surface area contributed by atoms with Gasteiger partial charge in [0.1, 0.15) is 5.82 Å². The molecular weight excluding hydrogens is 401 g/mol. The van der Waals surface area contributed by atoms with Crippen LogP contribution >= 0.6 is 24.0 Å². The van der Waals surface area contributed by atoms with Crippen LogP contribution in [0.15, 0.2) is 23.3 Å². The number of rotatable bonds is 3. The summed E-state index contributed by atoms with van der Waals surface area (Å²) in [6, 6.07) is 4.28. The summed E-state index contributed by atoms with van der Waals surface area (Å²) in [4.78, 5) is 15.7. The van der Waals surface area contributed by atoms with E-state index in [4.69, 9.17) is 0 Å². The van der Waals surface area contributed by atoms with Crippen molar-refractivity contribution in [3.63, 3.8) is 0 Å². The predicted octanol–water partition coefficient (Wildman–Crippen LogP) is 2.92. The number of piperidine rings is 1. The molecule has 0 radical (unpaired) electrons. The van der Waals surface area contributed by atoms with E-state index >= 15 is 0 Å². The maximum Gasteiger partial charge on any atom is 0.195 e. The van der Waals surface area contributed by atoms with Gasteiger partial charge in [0.2, 0.25) is 0 Å². The normalized spacial score (nSPS) is 14.9. The van der Waals surface area contributed by atoms with Crippen LogP contribution in [0, 0.1) is 5.92 Å². The molecule has 1 aromatic rings. The molecule has 0 bridgehead atoms. The van der Waals surface area contributed by atoms with Crippen molar-refractivity contribution >= 4 is 35.8 Å². The highest BCUT2D eigenvalue weighted by Gasteiger charge is 2.16.